The van der Waals surface area contributed by atoms with E-state index in [1.807, 2.05) is 30.3 Å². The number of aryl methyl sites for hydroxylation is 1. The van der Waals surface area contributed by atoms with E-state index >= 15 is 0 Å². The summed E-state index contributed by atoms with van der Waals surface area (Å²) in [5, 5.41) is 3.36. The van der Waals surface area contributed by atoms with Crippen molar-refractivity contribution in [2.75, 3.05) is 6.54 Å². The van der Waals surface area contributed by atoms with Gasteiger partial charge in [-0.25, -0.2) is 4.98 Å². The van der Waals surface area contributed by atoms with Gasteiger partial charge in [0.05, 0.1) is 17.3 Å². The molecule has 0 fully saturated rings. The lowest BCUT2D eigenvalue weighted by Crippen LogP contribution is -2.38. The molecule has 162 valence electrons. The van der Waals surface area contributed by atoms with Gasteiger partial charge in [-0.3, -0.25) is 14.4 Å². The van der Waals surface area contributed by atoms with Crippen LogP contribution in [0.1, 0.15) is 44.0 Å². The molecule has 31 heavy (non-hydrogen) atoms. The number of hydrogen-bond donors (Lipinski definition) is 2. The fourth-order valence-corrected chi connectivity index (χ4v) is 3.37. The van der Waals surface area contributed by atoms with E-state index < -0.39 is 12.1 Å². The third-order valence-corrected chi connectivity index (χ3v) is 5.19. The second kappa shape index (κ2) is 10.5. The second-order valence-electron chi connectivity index (χ2n) is 7.42. The van der Waals surface area contributed by atoms with Gasteiger partial charge >= 0.3 is 5.97 Å². The van der Waals surface area contributed by atoms with Gasteiger partial charge < -0.3 is 15.0 Å². The number of ether oxygens (including phenoxy) is 1. The molecule has 0 aliphatic heterocycles. The van der Waals surface area contributed by atoms with Crippen molar-refractivity contribution in [2.24, 2.45) is 0 Å². The Hall–Kier alpha value is -3.48. The molecule has 0 aliphatic carbocycles. The van der Waals surface area contributed by atoms with E-state index in [0.29, 0.717) is 23.3 Å². The van der Waals surface area contributed by atoms with Crippen LogP contribution in [-0.2, 0) is 20.7 Å². The Kier molecular flexibility index (Phi) is 7.54. The summed E-state index contributed by atoms with van der Waals surface area (Å²) < 4.78 is 5.25. The van der Waals surface area contributed by atoms with Crippen molar-refractivity contribution < 1.29 is 14.3 Å². The number of amides is 1. The summed E-state index contributed by atoms with van der Waals surface area (Å²) >= 11 is 0. The zero-order chi connectivity index (χ0) is 22.2. The molecule has 0 bridgehead atoms. The molecule has 7 heteroatoms. The van der Waals surface area contributed by atoms with Crippen LogP contribution < -0.4 is 10.9 Å². The van der Waals surface area contributed by atoms with E-state index in [1.54, 1.807) is 31.2 Å². The highest BCUT2D eigenvalue weighted by atomic mass is 16.5. The molecule has 3 rings (SSSR count). The first-order valence-electron chi connectivity index (χ1n) is 10.5. The highest BCUT2D eigenvalue weighted by Crippen LogP contribution is 2.18. The summed E-state index contributed by atoms with van der Waals surface area (Å²) in [7, 11) is 0. The lowest BCUT2D eigenvalue weighted by Gasteiger charge is -2.18. The maximum atomic E-state index is 12.3. The smallest absolute Gasteiger partial charge is 0.307 e. The van der Waals surface area contributed by atoms with E-state index in [-0.39, 0.29) is 30.2 Å². The summed E-state index contributed by atoms with van der Waals surface area (Å²) in [4.78, 5) is 43.7. The molecule has 3 aromatic rings. The number of esters is 1. The Labute approximate surface area is 180 Å². The van der Waals surface area contributed by atoms with E-state index in [4.69, 9.17) is 4.74 Å². The third kappa shape index (κ3) is 6.01. The molecule has 0 spiro atoms. The highest BCUT2D eigenvalue weighted by molar-refractivity contribution is 5.83. The normalized spacial score (nSPS) is 12.8. The van der Waals surface area contributed by atoms with E-state index in [1.165, 1.54) is 0 Å². The Morgan fingerprint density at radius 3 is 2.55 bits per heavy atom. The molecule has 2 atom stereocenters. The molecule has 2 aromatic carbocycles. The van der Waals surface area contributed by atoms with Gasteiger partial charge in [-0.2, -0.15) is 0 Å². The predicted octanol–water partition coefficient (Wildman–Crippen LogP) is 3.10. The van der Waals surface area contributed by atoms with Gasteiger partial charge in [0.2, 0.25) is 0 Å². The monoisotopic (exact) mass is 421 g/mol. The number of rotatable bonds is 9. The molecule has 0 saturated heterocycles. The number of fused-ring (bicyclic) bond motifs is 1. The number of nitrogens with one attached hydrogen (secondary N) is 2. The molecular weight excluding hydrogens is 394 g/mol. The summed E-state index contributed by atoms with van der Waals surface area (Å²) in [6, 6.07) is 17.0. The van der Waals surface area contributed by atoms with Crippen LogP contribution in [0.2, 0.25) is 0 Å². The van der Waals surface area contributed by atoms with Crippen molar-refractivity contribution >= 4 is 22.8 Å². The predicted molar refractivity (Wildman–Crippen MR) is 119 cm³/mol. The fourth-order valence-electron chi connectivity index (χ4n) is 3.37. The largest absolute Gasteiger partial charge is 0.453 e. The molecule has 1 amide bonds. The molecule has 0 unspecified atom stereocenters. The van der Waals surface area contributed by atoms with Crippen molar-refractivity contribution in [3.8, 4) is 0 Å². The minimum absolute atomic E-state index is 0.0144. The van der Waals surface area contributed by atoms with Crippen LogP contribution in [0.25, 0.3) is 10.9 Å². The molecule has 7 nitrogen and oxygen atoms in total. The van der Waals surface area contributed by atoms with Crippen LogP contribution in [0.4, 0.5) is 0 Å². The number of aromatic nitrogens is 2. The quantitative estimate of drug-likeness (QED) is 0.517. The molecule has 2 N–H and O–H groups in total. The fraction of sp³-hybridized carbons (Fsp3) is 0.333. The summed E-state index contributed by atoms with van der Waals surface area (Å²) in [5.41, 5.74) is 1.49. The first-order chi connectivity index (χ1) is 15.0. The van der Waals surface area contributed by atoms with Crippen molar-refractivity contribution in [3.63, 3.8) is 0 Å². The first-order valence-corrected chi connectivity index (χ1v) is 10.5. The van der Waals surface area contributed by atoms with Crippen molar-refractivity contribution in [2.45, 2.75) is 45.1 Å². The van der Waals surface area contributed by atoms with Gasteiger partial charge in [-0.05, 0) is 31.0 Å². The number of benzene rings is 2. The Morgan fingerprint density at radius 1 is 1.10 bits per heavy atom. The number of nitrogens with zero attached hydrogens (tertiary/aromatic N) is 1. The van der Waals surface area contributed by atoms with Crippen molar-refractivity contribution in [1.29, 1.82) is 0 Å². The molecule has 0 radical (unpaired) electrons. The van der Waals surface area contributed by atoms with Crippen molar-refractivity contribution in [1.82, 2.24) is 15.3 Å². The van der Waals surface area contributed by atoms with Crippen LogP contribution in [0, 0.1) is 0 Å². The van der Waals surface area contributed by atoms with Gasteiger partial charge in [-0.1, -0.05) is 49.4 Å². The zero-order valence-electron chi connectivity index (χ0n) is 17.8. The van der Waals surface area contributed by atoms with E-state index in [9.17, 15) is 14.4 Å². The average Bonchev–Trinajstić information content (AvgIpc) is 2.78. The SMILES string of the molecule is CC[C@@H](CNC(=O)[C@H](C)OC(=O)CCc1nc2ccccc2c(=O)[nH]1)c1ccccc1. The number of carbonyl (C=O) groups excluding carboxylic acids is 2. The van der Waals surface area contributed by atoms with Crippen LogP contribution in [0.15, 0.2) is 59.4 Å². The number of para-hydroxylation sites is 1. The lowest BCUT2D eigenvalue weighted by atomic mass is 9.96. The Morgan fingerprint density at radius 2 is 1.81 bits per heavy atom. The van der Waals surface area contributed by atoms with Crippen LogP contribution in [-0.4, -0.2) is 34.5 Å². The van der Waals surface area contributed by atoms with Gasteiger partial charge in [0.15, 0.2) is 6.10 Å². The zero-order valence-corrected chi connectivity index (χ0v) is 17.8. The molecular formula is C24H27N3O4. The average molecular weight is 421 g/mol. The van der Waals surface area contributed by atoms with Gasteiger partial charge in [0, 0.05) is 18.9 Å². The Balaban J connectivity index is 1.48. The summed E-state index contributed by atoms with van der Waals surface area (Å²) in [6.45, 7) is 4.09. The maximum absolute atomic E-state index is 12.3. The molecule has 0 saturated carbocycles. The second-order valence-corrected chi connectivity index (χ2v) is 7.42. The minimum Gasteiger partial charge on any atom is -0.453 e. The molecule has 1 heterocycles. The third-order valence-electron chi connectivity index (χ3n) is 5.19. The minimum atomic E-state index is -0.899. The molecule has 0 aliphatic rings. The topological polar surface area (TPSA) is 101 Å². The van der Waals surface area contributed by atoms with Crippen LogP contribution >= 0.6 is 0 Å². The van der Waals surface area contributed by atoms with Gasteiger partial charge in [0.1, 0.15) is 5.82 Å². The highest BCUT2D eigenvalue weighted by Gasteiger charge is 2.19. The Bertz CT molecular complexity index is 1090. The number of H-pyrrole nitrogens is 1. The standard InChI is InChI=1S/C24H27N3O4/c1-3-17(18-9-5-4-6-10-18)15-25-23(29)16(2)31-22(28)14-13-21-26-20-12-8-7-11-19(20)24(30)27-21/h4-12,16-17H,3,13-15H2,1-2H3,(H,25,29)(H,26,27,30)/t16-,17-/m0/s1. The number of carbonyl (C=O) groups is 2. The van der Waals surface area contributed by atoms with E-state index in [2.05, 4.69) is 22.2 Å². The van der Waals surface area contributed by atoms with E-state index in [0.717, 1.165) is 12.0 Å². The summed E-state index contributed by atoms with van der Waals surface area (Å²) in [6.07, 6.45) is 0.221. The summed E-state index contributed by atoms with van der Waals surface area (Å²) in [5.74, 6) is -0.246. The molecule has 1 aromatic heterocycles. The first kappa shape index (κ1) is 22.2. The van der Waals surface area contributed by atoms with Gasteiger partial charge in [-0.15, -0.1) is 0 Å². The van der Waals surface area contributed by atoms with Crippen molar-refractivity contribution in [3.05, 3.63) is 76.3 Å². The maximum Gasteiger partial charge on any atom is 0.307 e. The number of hydrogen-bond acceptors (Lipinski definition) is 5. The van der Waals surface area contributed by atoms with Gasteiger partial charge in [0.25, 0.3) is 11.5 Å². The lowest BCUT2D eigenvalue weighted by molar-refractivity contribution is -0.154. The van der Waals surface area contributed by atoms with Crippen LogP contribution in [0.5, 0.6) is 0 Å². The number of aromatic amines is 1. The van der Waals surface area contributed by atoms with Crippen LogP contribution in [0.3, 0.4) is 0 Å².